The summed E-state index contributed by atoms with van der Waals surface area (Å²) in [6.07, 6.45) is 10.6. The van der Waals surface area contributed by atoms with E-state index in [1.807, 2.05) is 0 Å². The van der Waals surface area contributed by atoms with Crippen LogP contribution >= 0.6 is 0 Å². The second kappa shape index (κ2) is 2.88. The molecule has 0 aromatic carbocycles. The Morgan fingerprint density at radius 1 is 1.18 bits per heavy atom. The van der Waals surface area contributed by atoms with E-state index >= 15 is 0 Å². The summed E-state index contributed by atoms with van der Waals surface area (Å²) in [4.78, 5) is 0. The molecule has 0 radical (unpaired) electrons. The third kappa shape index (κ3) is 1.42. The van der Waals surface area contributed by atoms with Gasteiger partial charge in [0.25, 0.3) is 0 Å². The molecule has 2 unspecified atom stereocenters. The van der Waals surface area contributed by atoms with Gasteiger partial charge in [0.2, 0.25) is 0 Å². The highest BCUT2D eigenvalue weighted by Gasteiger charge is 2.27. The molecular weight excluding hydrogens is 134 g/mol. The summed E-state index contributed by atoms with van der Waals surface area (Å²) in [6, 6.07) is 0. The molecule has 1 fully saturated rings. The SMILES string of the molecule is NC1=CC2CCCCCC2C1. The first-order valence-corrected chi connectivity index (χ1v) is 4.82. The van der Waals surface area contributed by atoms with E-state index in [2.05, 4.69) is 6.08 Å². The summed E-state index contributed by atoms with van der Waals surface area (Å²) in [5.41, 5.74) is 6.96. The molecule has 2 atom stereocenters. The largest absolute Gasteiger partial charge is 0.402 e. The molecule has 0 amide bonds. The molecule has 11 heavy (non-hydrogen) atoms. The summed E-state index contributed by atoms with van der Waals surface area (Å²) in [5.74, 6) is 1.76. The lowest BCUT2D eigenvalue weighted by molar-refractivity contribution is 0.398. The first-order valence-electron chi connectivity index (χ1n) is 4.82. The average molecular weight is 151 g/mol. The van der Waals surface area contributed by atoms with Crippen molar-refractivity contribution < 1.29 is 0 Å². The Morgan fingerprint density at radius 3 is 2.91 bits per heavy atom. The van der Waals surface area contributed by atoms with Crippen molar-refractivity contribution in [2.45, 2.75) is 38.5 Å². The average Bonchev–Trinajstić information content (AvgIpc) is 2.17. The number of fused-ring (bicyclic) bond motifs is 1. The van der Waals surface area contributed by atoms with Crippen molar-refractivity contribution in [3.8, 4) is 0 Å². The summed E-state index contributed by atoms with van der Waals surface area (Å²) < 4.78 is 0. The molecule has 0 saturated heterocycles. The van der Waals surface area contributed by atoms with Gasteiger partial charge in [0.15, 0.2) is 0 Å². The number of hydrogen-bond acceptors (Lipinski definition) is 1. The number of nitrogens with two attached hydrogens (primary N) is 1. The Labute approximate surface area is 68.7 Å². The zero-order chi connectivity index (χ0) is 7.68. The lowest BCUT2D eigenvalue weighted by Crippen LogP contribution is -2.05. The summed E-state index contributed by atoms with van der Waals surface area (Å²) in [7, 11) is 0. The third-order valence-corrected chi connectivity index (χ3v) is 3.14. The van der Waals surface area contributed by atoms with E-state index in [4.69, 9.17) is 5.73 Å². The van der Waals surface area contributed by atoms with Crippen LogP contribution in [-0.4, -0.2) is 0 Å². The molecule has 0 heterocycles. The minimum absolute atomic E-state index is 0.845. The zero-order valence-corrected chi connectivity index (χ0v) is 7.05. The van der Waals surface area contributed by atoms with E-state index in [1.54, 1.807) is 0 Å². The highest BCUT2D eigenvalue weighted by atomic mass is 14.6. The summed E-state index contributed by atoms with van der Waals surface area (Å²) in [5, 5.41) is 0. The van der Waals surface area contributed by atoms with Crippen LogP contribution < -0.4 is 5.73 Å². The van der Waals surface area contributed by atoms with Gasteiger partial charge in [0.05, 0.1) is 0 Å². The van der Waals surface area contributed by atoms with Crippen molar-refractivity contribution in [1.82, 2.24) is 0 Å². The van der Waals surface area contributed by atoms with E-state index in [1.165, 1.54) is 38.5 Å². The monoisotopic (exact) mass is 151 g/mol. The molecule has 0 aromatic heterocycles. The van der Waals surface area contributed by atoms with E-state index in [0.29, 0.717) is 0 Å². The van der Waals surface area contributed by atoms with Crippen LogP contribution in [0.1, 0.15) is 38.5 Å². The predicted molar refractivity (Wildman–Crippen MR) is 47.0 cm³/mol. The quantitative estimate of drug-likeness (QED) is 0.565. The molecule has 1 heteroatoms. The molecule has 2 N–H and O–H groups in total. The van der Waals surface area contributed by atoms with Gasteiger partial charge in [-0.15, -0.1) is 0 Å². The van der Waals surface area contributed by atoms with Crippen molar-refractivity contribution in [1.29, 1.82) is 0 Å². The van der Waals surface area contributed by atoms with Gasteiger partial charge in [-0.25, -0.2) is 0 Å². The summed E-state index contributed by atoms with van der Waals surface area (Å²) in [6.45, 7) is 0. The highest BCUT2D eigenvalue weighted by molar-refractivity contribution is 5.10. The molecule has 2 rings (SSSR count). The molecule has 1 nitrogen and oxygen atoms in total. The van der Waals surface area contributed by atoms with Crippen molar-refractivity contribution in [2.24, 2.45) is 17.6 Å². The van der Waals surface area contributed by atoms with Gasteiger partial charge in [0, 0.05) is 5.70 Å². The van der Waals surface area contributed by atoms with Crippen LogP contribution in [-0.2, 0) is 0 Å². The molecular formula is C10H17N. The van der Waals surface area contributed by atoms with Gasteiger partial charge in [-0.05, 0) is 31.1 Å². The van der Waals surface area contributed by atoms with Crippen molar-refractivity contribution in [3.63, 3.8) is 0 Å². The van der Waals surface area contributed by atoms with Crippen LogP contribution in [0.3, 0.4) is 0 Å². The fraction of sp³-hybridized carbons (Fsp3) is 0.800. The fourth-order valence-corrected chi connectivity index (χ4v) is 2.53. The van der Waals surface area contributed by atoms with Crippen LogP contribution in [0.15, 0.2) is 11.8 Å². The molecule has 0 aliphatic heterocycles. The molecule has 2 aliphatic rings. The maximum Gasteiger partial charge on any atom is 0.00458 e. The van der Waals surface area contributed by atoms with E-state index in [0.717, 1.165) is 17.5 Å². The smallest absolute Gasteiger partial charge is 0.00458 e. The van der Waals surface area contributed by atoms with Crippen LogP contribution in [0.2, 0.25) is 0 Å². The molecule has 1 saturated carbocycles. The second-order valence-corrected chi connectivity index (χ2v) is 4.01. The Bertz CT molecular complexity index is 172. The first kappa shape index (κ1) is 7.20. The van der Waals surface area contributed by atoms with E-state index in [9.17, 15) is 0 Å². The van der Waals surface area contributed by atoms with Crippen LogP contribution in [0.25, 0.3) is 0 Å². The summed E-state index contributed by atoms with van der Waals surface area (Å²) >= 11 is 0. The first-order chi connectivity index (χ1) is 5.36. The topological polar surface area (TPSA) is 26.0 Å². The Balaban J connectivity index is 2.04. The second-order valence-electron chi connectivity index (χ2n) is 4.01. The lowest BCUT2D eigenvalue weighted by atomic mass is 9.91. The number of allylic oxidation sites excluding steroid dienone is 2. The van der Waals surface area contributed by atoms with Crippen LogP contribution in [0, 0.1) is 11.8 Å². The van der Waals surface area contributed by atoms with Gasteiger partial charge in [-0.3, -0.25) is 0 Å². The minimum Gasteiger partial charge on any atom is -0.402 e. The van der Waals surface area contributed by atoms with Gasteiger partial charge in [-0.2, -0.15) is 0 Å². The molecule has 0 aromatic rings. The standard InChI is InChI=1S/C10H17N/c11-10-6-8-4-2-1-3-5-9(8)7-10/h6,8-9H,1-5,7,11H2. The zero-order valence-electron chi connectivity index (χ0n) is 7.05. The van der Waals surface area contributed by atoms with Gasteiger partial charge < -0.3 is 5.73 Å². The molecule has 0 spiro atoms. The third-order valence-electron chi connectivity index (χ3n) is 3.14. The number of hydrogen-bond donors (Lipinski definition) is 1. The predicted octanol–water partition coefficient (Wildman–Crippen LogP) is 2.43. The number of rotatable bonds is 0. The van der Waals surface area contributed by atoms with Crippen LogP contribution in [0.4, 0.5) is 0 Å². The fourth-order valence-electron chi connectivity index (χ4n) is 2.53. The Kier molecular flexibility index (Phi) is 1.89. The molecule has 62 valence electrons. The van der Waals surface area contributed by atoms with Crippen molar-refractivity contribution >= 4 is 0 Å². The maximum absolute atomic E-state index is 5.81. The van der Waals surface area contributed by atoms with Gasteiger partial charge in [-0.1, -0.05) is 25.3 Å². The maximum atomic E-state index is 5.81. The molecule has 2 aliphatic carbocycles. The lowest BCUT2D eigenvalue weighted by Gasteiger charge is -2.13. The van der Waals surface area contributed by atoms with Crippen molar-refractivity contribution in [2.75, 3.05) is 0 Å². The van der Waals surface area contributed by atoms with Crippen LogP contribution in [0.5, 0.6) is 0 Å². The minimum atomic E-state index is 0.845. The molecule has 0 bridgehead atoms. The van der Waals surface area contributed by atoms with Crippen molar-refractivity contribution in [3.05, 3.63) is 11.8 Å². The highest BCUT2D eigenvalue weighted by Crippen LogP contribution is 2.38. The normalized spacial score (nSPS) is 37.6. The van der Waals surface area contributed by atoms with Gasteiger partial charge >= 0.3 is 0 Å². The Morgan fingerprint density at radius 2 is 2.00 bits per heavy atom. The Hall–Kier alpha value is -0.460. The van der Waals surface area contributed by atoms with Gasteiger partial charge in [0.1, 0.15) is 0 Å². The van der Waals surface area contributed by atoms with E-state index in [-0.39, 0.29) is 0 Å². The van der Waals surface area contributed by atoms with E-state index < -0.39 is 0 Å².